The van der Waals surface area contributed by atoms with E-state index in [2.05, 4.69) is 15.3 Å². The average Bonchev–Trinajstić information content (AvgIpc) is 2.43. The monoisotopic (exact) mass is 266 g/mol. The molecule has 0 saturated carbocycles. The van der Waals surface area contributed by atoms with E-state index in [4.69, 9.17) is 5.11 Å². The van der Waals surface area contributed by atoms with E-state index < -0.39 is 0 Å². The fourth-order valence-corrected chi connectivity index (χ4v) is 1.51. The van der Waals surface area contributed by atoms with Crippen LogP contribution in [-0.4, -0.2) is 52.6 Å². The van der Waals surface area contributed by atoms with Gasteiger partial charge >= 0.3 is 0 Å². The number of nitrogens with zero attached hydrogens (tertiary/aromatic N) is 3. The fourth-order valence-electron chi connectivity index (χ4n) is 1.51. The van der Waals surface area contributed by atoms with Crippen molar-refractivity contribution >= 4 is 11.6 Å². The van der Waals surface area contributed by atoms with Crippen LogP contribution in [0.4, 0.5) is 5.69 Å². The predicted octanol–water partition coefficient (Wildman–Crippen LogP) is 1.09. The molecule has 0 aliphatic carbocycles. The number of aliphatic hydroxyl groups excluding tert-OH is 1. The molecule has 0 fully saturated rings. The molecule has 0 spiro atoms. The van der Waals surface area contributed by atoms with Crippen molar-refractivity contribution in [2.24, 2.45) is 0 Å². The van der Waals surface area contributed by atoms with Crippen molar-refractivity contribution < 1.29 is 9.90 Å². The Morgan fingerprint density at radius 2 is 2.11 bits per heavy atom. The summed E-state index contributed by atoms with van der Waals surface area (Å²) in [4.78, 5) is 22.4. The molecule has 0 saturated heterocycles. The van der Waals surface area contributed by atoms with Crippen molar-refractivity contribution in [3.63, 3.8) is 0 Å². The van der Waals surface area contributed by atoms with E-state index in [9.17, 15) is 4.79 Å². The number of hydrogen-bond donors (Lipinski definition) is 2. The van der Waals surface area contributed by atoms with Crippen molar-refractivity contribution in [1.29, 1.82) is 0 Å². The highest BCUT2D eigenvalue weighted by Crippen LogP contribution is 2.18. The lowest BCUT2D eigenvalue weighted by atomic mass is 10.2. The highest BCUT2D eigenvalue weighted by Gasteiger charge is 2.22. The van der Waals surface area contributed by atoms with Crippen LogP contribution in [0.25, 0.3) is 0 Å². The second kappa shape index (κ2) is 6.47. The SMILES string of the molecule is CNc1cnc(C(C)C)nc1C(=O)N(C)C(C)CO. The fraction of sp³-hybridized carbons (Fsp3) is 0.615. The zero-order chi connectivity index (χ0) is 14.6. The molecule has 2 N–H and O–H groups in total. The number of aliphatic hydroxyl groups is 1. The van der Waals surface area contributed by atoms with Gasteiger partial charge in [0.1, 0.15) is 5.82 Å². The van der Waals surface area contributed by atoms with Crippen LogP contribution in [-0.2, 0) is 0 Å². The molecule has 1 rings (SSSR count). The third kappa shape index (κ3) is 3.41. The van der Waals surface area contributed by atoms with Gasteiger partial charge < -0.3 is 15.3 Å². The van der Waals surface area contributed by atoms with Gasteiger partial charge in [-0.05, 0) is 6.92 Å². The summed E-state index contributed by atoms with van der Waals surface area (Å²) in [6, 6.07) is -0.255. The first kappa shape index (κ1) is 15.4. The summed E-state index contributed by atoms with van der Waals surface area (Å²) < 4.78 is 0. The maximum atomic E-state index is 12.4. The average molecular weight is 266 g/mol. The lowest BCUT2D eigenvalue weighted by molar-refractivity contribution is 0.0677. The zero-order valence-electron chi connectivity index (χ0n) is 12.1. The number of anilines is 1. The molecule has 1 aromatic rings. The van der Waals surface area contributed by atoms with E-state index in [1.807, 2.05) is 13.8 Å². The van der Waals surface area contributed by atoms with Crippen molar-refractivity contribution in [3.8, 4) is 0 Å². The molecule has 1 aromatic heterocycles. The van der Waals surface area contributed by atoms with Crippen LogP contribution in [0.15, 0.2) is 6.20 Å². The molecule has 1 atom stereocenters. The van der Waals surface area contributed by atoms with E-state index in [1.54, 1.807) is 27.2 Å². The molecule has 0 aliphatic rings. The third-order valence-corrected chi connectivity index (χ3v) is 3.04. The van der Waals surface area contributed by atoms with Crippen LogP contribution >= 0.6 is 0 Å². The Balaban J connectivity index is 3.16. The Kier molecular flexibility index (Phi) is 5.23. The summed E-state index contributed by atoms with van der Waals surface area (Å²) in [5, 5.41) is 12.0. The molecule has 0 bridgehead atoms. The largest absolute Gasteiger partial charge is 0.394 e. The minimum Gasteiger partial charge on any atom is -0.394 e. The normalized spacial score (nSPS) is 12.4. The molecular formula is C13H22N4O2. The number of carbonyl (C=O) groups is 1. The van der Waals surface area contributed by atoms with Gasteiger partial charge in [-0.25, -0.2) is 9.97 Å². The molecule has 0 radical (unpaired) electrons. The van der Waals surface area contributed by atoms with Gasteiger partial charge in [0.2, 0.25) is 0 Å². The molecule has 6 heteroatoms. The smallest absolute Gasteiger partial charge is 0.274 e. The first-order valence-electron chi connectivity index (χ1n) is 6.35. The summed E-state index contributed by atoms with van der Waals surface area (Å²) >= 11 is 0. The van der Waals surface area contributed by atoms with Crippen molar-refractivity contribution in [3.05, 3.63) is 17.7 Å². The minimum atomic E-state index is -0.255. The van der Waals surface area contributed by atoms with Crippen molar-refractivity contribution in [1.82, 2.24) is 14.9 Å². The summed E-state index contributed by atoms with van der Waals surface area (Å²) in [5.41, 5.74) is 0.926. The van der Waals surface area contributed by atoms with Gasteiger partial charge in [-0.2, -0.15) is 0 Å². The van der Waals surface area contributed by atoms with Gasteiger partial charge in [-0.15, -0.1) is 0 Å². The van der Waals surface area contributed by atoms with Crippen LogP contribution in [0.1, 0.15) is 43.0 Å². The second-order valence-corrected chi connectivity index (χ2v) is 4.84. The van der Waals surface area contributed by atoms with Crippen LogP contribution in [0, 0.1) is 0 Å². The van der Waals surface area contributed by atoms with Crippen molar-refractivity contribution in [2.45, 2.75) is 32.7 Å². The quantitative estimate of drug-likeness (QED) is 0.834. The highest BCUT2D eigenvalue weighted by atomic mass is 16.3. The maximum absolute atomic E-state index is 12.4. The van der Waals surface area contributed by atoms with Crippen LogP contribution < -0.4 is 5.32 Å². The first-order valence-corrected chi connectivity index (χ1v) is 6.35. The molecule has 1 unspecified atom stereocenters. The lowest BCUT2D eigenvalue weighted by Crippen LogP contribution is -2.38. The minimum absolute atomic E-state index is 0.0841. The summed E-state index contributed by atoms with van der Waals surface area (Å²) in [5.74, 6) is 0.556. The Labute approximate surface area is 113 Å². The summed E-state index contributed by atoms with van der Waals surface area (Å²) in [6.07, 6.45) is 1.62. The topological polar surface area (TPSA) is 78.4 Å². The van der Waals surface area contributed by atoms with E-state index in [0.717, 1.165) is 0 Å². The first-order chi connectivity index (χ1) is 8.92. The number of aromatic nitrogens is 2. The highest BCUT2D eigenvalue weighted by molar-refractivity contribution is 5.97. The van der Waals surface area contributed by atoms with Gasteiger partial charge in [-0.1, -0.05) is 13.8 Å². The Morgan fingerprint density at radius 3 is 2.58 bits per heavy atom. The standard InChI is InChI=1S/C13H22N4O2/c1-8(2)12-15-6-10(14-4)11(16-12)13(19)17(5)9(3)7-18/h6,8-9,14,18H,7H2,1-5H3. The van der Waals surface area contributed by atoms with Gasteiger partial charge in [-0.3, -0.25) is 4.79 Å². The molecule has 19 heavy (non-hydrogen) atoms. The number of amides is 1. The predicted molar refractivity (Wildman–Crippen MR) is 74.3 cm³/mol. The number of nitrogens with one attached hydrogen (secondary N) is 1. The molecule has 1 amide bonds. The Morgan fingerprint density at radius 1 is 1.47 bits per heavy atom. The Hall–Kier alpha value is -1.69. The number of rotatable bonds is 5. The molecule has 1 heterocycles. The van der Waals surface area contributed by atoms with Crippen LogP contribution in [0.2, 0.25) is 0 Å². The molecule has 6 nitrogen and oxygen atoms in total. The van der Waals surface area contributed by atoms with Gasteiger partial charge in [0.15, 0.2) is 5.69 Å². The maximum Gasteiger partial charge on any atom is 0.274 e. The van der Waals surface area contributed by atoms with E-state index >= 15 is 0 Å². The third-order valence-electron chi connectivity index (χ3n) is 3.04. The lowest BCUT2D eigenvalue weighted by Gasteiger charge is -2.23. The Bertz CT molecular complexity index is 448. The summed E-state index contributed by atoms with van der Waals surface area (Å²) in [7, 11) is 3.37. The van der Waals surface area contributed by atoms with Crippen LogP contribution in [0.3, 0.4) is 0 Å². The van der Waals surface area contributed by atoms with Gasteiger partial charge in [0, 0.05) is 20.0 Å². The number of hydrogen-bond acceptors (Lipinski definition) is 5. The van der Waals surface area contributed by atoms with E-state index in [1.165, 1.54) is 4.90 Å². The van der Waals surface area contributed by atoms with Crippen molar-refractivity contribution in [2.75, 3.05) is 26.0 Å². The molecular weight excluding hydrogens is 244 g/mol. The second-order valence-electron chi connectivity index (χ2n) is 4.84. The summed E-state index contributed by atoms with van der Waals surface area (Å²) in [6.45, 7) is 5.64. The number of carbonyl (C=O) groups excluding carboxylic acids is 1. The van der Waals surface area contributed by atoms with Gasteiger partial charge in [0.05, 0.1) is 24.5 Å². The van der Waals surface area contributed by atoms with Gasteiger partial charge in [0.25, 0.3) is 5.91 Å². The molecule has 0 aliphatic heterocycles. The zero-order valence-corrected chi connectivity index (χ0v) is 12.1. The van der Waals surface area contributed by atoms with E-state index in [0.29, 0.717) is 17.2 Å². The molecule has 0 aromatic carbocycles. The molecule has 106 valence electrons. The number of likely N-dealkylation sites (N-methyl/N-ethyl adjacent to an activating group) is 1. The van der Waals surface area contributed by atoms with E-state index in [-0.39, 0.29) is 24.5 Å². The van der Waals surface area contributed by atoms with Crippen LogP contribution in [0.5, 0.6) is 0 Å².